The standard InChI is InChI=1S/C17H22O/c1-3-13(2)11-16(18)12-15-9-6-8-14-7-4-5-10-17(14)15/h4-10,13,16,18H,3,11-12H2,1-2H3. The molecule has 0 saturated heterocycles. The molecule has 2 unspecified atom stereocenters. The molecular formula is C17H22O. The van der Waals surface area contributed by atoms with Gasteiger partial charge in [-0.15, -0.1) is 0 Å². The number of hydrogen-bond acceptors (Lipinski definition) is 1. The van der Waals surface area contributed by atoms with Crippen molar-refractivity contribution in [3.8, 4) is 0 Å². The van der Waals surface area contributed by atoms with Gasteiger partial charge in [-0.05, 0) is 35.1 Å². The van der Waals surface area contributed by atoms with E-state index in [1.165, 1.54) is 16.3 Å². The minimum Gasteiger partial charge on any atom is -0.393 e. The average Bonchev–Trinajstić information content (AvgIpc) is 2.39. The first-order valence-electron chi connectivity index (χ1n) is 6.85. The molecule has 2 aromatic rings. The smallest absolute Gasteiger partial charge is 0.0583 e. The zero-order valence-corrected chi connectivity index (χ0v) is 11.3. The third-order valence-electron chi connectivity index (χ3n) is 3.71. The van der Waals surface area contributed by atoms with E-state index in [2.05, 4.69) is 56.3 Å². The molecule has 0 aromatic heterocycles. The minimum absolute atomic E-state index is 0.231. The fraction of sp³-hybridized carbons (Fsp3) is 0.412. The Morgan fingerprint density at radius 1 is 1.06 bits per heavy atom. The maximum absolute atomic E-state index is 10.2. The van der Waals surface area contributed by atoms with Gasteiger partial charge in [0.05, 0.1) is 6.10 Å². The second kappa shape index (κ2) is 6.01. The van der Waals surface area contributed by atoms with Crippen molar-refractivity contribution in [2.45, 2.75) is 39.2 Å². The van der Waals surface area contributed by atoms with Gasteiger partial charge in [0.25, 0.3) is 0 Å². The van der Waals surface area contributed by atoms with E-state index >= 15 is 0 Å². The van der Waals surface area contributed by atoms with Crippen molar-refractivity contribution in [3.63, 3.8) is 0 Å². The number of rotatable bonds is 5. The molecule has 1 heteroatoms. The lowest BCUT2D eigenvalue weighted by Gasteiger charge is -2.16. The summed E-state index contributed by atoms with van der Waals surface area (Å²) in [4.78, 5) is 0. The molecule has 0 bridgehead atoms. The second-order valence-electron chi connectivity index (χ2n) is 5.25. The number of hydrogen-bond donors (Lipinski definition) is 1. The van der Waals surface area contributed by atoms with Crippen LogP contribution in [0, 0.1) is 5.92 Å². The molecule has 2 aromatic carbocycles. The summed E-state index contributed by atoms with van der Waals surface area (Å²) >= 11 is 0. The highest BCUT2D eigenvalue weighted by molar-refractivity contribution is 5.85. The molecule has 0 amide bonds. The van der Waals surface area contributed by atoms with E-state index in [4.69, 9.17) is 0 Å². The van der Waals surface area contributed by atoms with Crippen molar-refractivity contribution in [3.05, 3.63) is 48.0 Å². The lowest BCUT2D eigenvalue weighted by atomic mass is 9.94. The first kappa shape index (κ1) is 13.1. The Morgan fingerprint density at radius 2 is 1.78 bits per heavy atom. The Kier molecular flexibility index (Phi) is 4.38. The molecule has 0 heterocycles. The highest BCUT2D eigenvalue weighted by atomic mass is 16.3. The fourth-order valence-electron chi connectivity index (χ4n) is 2.44. The van der Waals surface area contributed by atoms with E-state index in [0.29, 0.717) is 5.92 Å². The summed E-state index contributed by atoms with van der Waals surface area (Å²) in [7, 11) is 0. The van der Waals surface area contributed by atoms with Crippen molar-refractivity contribution in [1.29, 1.82) is 0 Å². The van der Waals surface area contributed by atoms with Gasteiger partial charge in [-0.1, -0.05) is 62.7 Å². The molecular weight excluding hydrogens is 220 g/mol. The van der Waals surface area contributed by atoms with E-state index in [1.807, 2.05) is 0 Å². The Hall–Kier alpha value is -1.34. The molecule has 2 atom stereocenters. The van der Waals surface area contributed by atoms with Crippen LogP contribution in [0.15, 0.2) is 42.5 Å². The van der Waals surface area contributed by atoms with Gasteiger partial charge in [-0.25, -0.2) is 0 Å². The fourth-order valence-corrected chi connectivity index (χ4v) is 2.44. The van der Waals surface area contributed by atoms with Gasteiger partial charge < -0.3 is 5.11 Å². The lowest BCUT2D eigenvalue weighted by molar-refractivity contribution is 0.145. The van der Waals surface area contributed by atoms with Gasteiger partial charge in [0.2, 0.25) is 0 Å². The van der Waals surface area contributed by atoms with Gasteiger partial charge in [-0.2, -0.15) is 0 Å². The van der Waals surface area contributed by atoms with Crippen LogP contribution in [0.5, 0.6) is 0 Å². The molecule has 96 valence electrons. The monoisotopic (exact) mass is 242 g/mol. The Morgan fingerprint density at radius 3 is 2.56 bits per heavy atom. The van der Waals surface area contributed by atoms with Crippen molar-refractivity contribution in [2.75, 3.05) is 0 Å². The molecule has 0 spiro atoms. The van der Waals surface area contributed by atoms with Crippen molar-refractivity contribution < 1.29 is 5.11 Å². The summed E-state index contributed by atoms with van der Waals surface area (Å²) in [6, 6.07) is 14.7. The third kappa shape index (κ3) is 3.11. The SMILES string of the molecule is CCC(C)CC(O)Cc1cccc2ccccc12. The summed E-state index contributed by atoms with van der Waals surface area (Å²) in [6.07, 6.45) is 2.55. The van der Waals surface area contributed by atoms with E-state index in [0.717, 1.165) is 19.3 Å². The number of benzene rings is 2. The molecule has 0 aliphatic carbocycles. The van der Waals surface area contributed by atoms with Crippen LogP contribution >= 0.6 is 0 Å². The molecule has 1 N–H and O–H groups in total. The summed E-state index contributed by atoms with van der Waals surface area (Å²) in [5, 5.41) is 12.7. The highest BCUT2D eigenvalue weighted by Gasteiger charge is 2.11. The largest absolute Gasteiger partial charge is 0.393 e. The summed E-state index contributed by atoms with van der Waals surface area (Å²) in [6.45, 7) is 4.38. The zero-order chi connectivity index (χ0) is 13.0. The first-order chi connectivity index (χ1) is 8.70. The van der Waals surface area contributed by atoms with E-state index in [1.54, 1.807) is 0 Å². The number of fused-ring (bicyclic) bond motifs is 1. The molecule has 0 fully saturated rings. The molecule has 1 nitrogen and oxygen atoms in total. The van der Waals surface area contributed by atoms with E-state index in [-0.39, 0.29) is 6.10 Å². The second-order valence-corrected chi connectivity index (χ2v) is 5.25. The van der Waals surface area contributed by atoms with Crippen LogP contribution < -0.4 is 0 Å². The lowest BCUT2D eigenvalue weighted by Crippen LogP contribution is -2.14. The van der Waals surface area contributed by atoms with E-state index in [9.17, 15) is 5.11 Å². The highest BCUT2D eigenvalue weighted by Crippen LogP contribution is 2.21. The molecule has 18 heavy (non-hydrogen) atoms. The maximum atomic E-state index is 10.2. The Balaban J connectivity index is 2.16. The summed E-state index contributed by atoms with van der Waals surface area (Å²) < 4.78 is 0. The normalized spacial score (nSPS) is 14.6. The average molecular weight is 242 g/mol. The molecule has 0 aliphatic rings. The predicted molar refractivity (Wildman–Crippen MR) is 77.7 cm³/mol. The molecule has 0 aliphatic heterocycles. The molecule has 2 rings (SSSR count). The van der Waals surface area contributed by atoms with Crippen LogP contribution in [-0.4, -0.2) is 11.2 Å². The summed E-state index contributed by atoms with van der Waals surface area (Å²) in [5.41, 5.74) is 1.25. The van der Waals surface area contributed by atoms with Crippen molar-refractivity contribution in [1.82, 2.24) is 0 Å². The van der Waals surface area contributed by atoms with Crippen LogP contribution in [-0.2, 0) is 6.42 Å². The van der Waals surface area contributed by atoms with Crippen LogP contribution in [0.25, 0.3) is 10.8 Å². The topological polar surface area (TPSA) is 20.2 Å². The van der Waals surface area contributed by atoms with Crippen LogP contribution in [0.3, 0.4) is 0 Å². The van der Waals surface area contributed by atoms with E-state index < -0.39 is 0 Å². The van der Waals surface area contributed by atoms with Crippen LogP contribution in [0.2, 0.25) is 0 Å². The Labute approximate surface area is 109 Å². The first-order valence-corrected chi connectivity index (χ1v) is 6.85. The van der Waals surface area contributed by atoms with Crippen molar-refractivity contribution in [2.24, 2.45) is 5.92 Å². The zero-order valence-electron chi connectivity index (χ0n) is 11.3. The third-order valence-corrected chi connectivity index (χ3v) is 3.71. The van der Waals surface area contributed by atoms with Crippen molar-refractivity contribution >= 4 is 10.8 Å². The van der Waals surface area contributed by atoms with Gasteiger partial charge in [-0.3, -0.25) is 0 Å². The number of aliphatic hydroxyl groups is 1. The Bertz CT molecular complexity index is 498. The minimum atomic E-state index is -0.231. The quantitative estimate of drug-likeness (QED) is 0.834. The van der Waals surface area contributed by atoms with Gasteiger partial charge >= 0.3 is 0 Å². The summed E-state index contributed by atoms with van der Waals surface area (Å²) in [5.74, 6) is 0.593. The predicted octanol–water partition coefficient (Wildman–Crippen LogP) is 4.18. The molecule has 0 saturated carbocycles. The van der Waals surface area contributed by atoms with Gasteiger partial charge in [0, 0.05) is 0 Å². The van der Waals surface area contributed by atoms with Crippen LogP contribution in [0.1, 0.15) is 32.3 Å². The van der Waals surface area contributed by atoms with Gasteiger partial charge in [0.15, 0.2) is 0 Å². The number of aliphatic hydroxyl groups excluding tert-OH is 1. The van der Waals surface area contributed by atoms with Gasteiger partial charge in [0.1, 0.15) is 0 Å². The maximum Gasteiger partial charge on any atom is 0.0583 e. The molecule has 0 radical (unpaired) electrons. The van der Waals surface area contributed by atoms with Crippen LogP contribution in [0.4, 0.5) is 0 Å².